The molecule has 0 saturated heterocycles. The molecule has 0 aromatic heterocycles. The molecule has 0 heterocycles. The van der Waals surface area contributed by atoms with Crippen LogP contribution in [0.15, 0.2) is 0 Å². The van der Waals surface area contributed by atoms with Crippen molar-refractivity contribution in [2.75, 3.05) is 13.2 Å². The molecule has 0 bridgehead atoms. The van der Waals surface area contributed by atoms with Crippen LogP contribution in [0, 0.1) is 0 Å². The molecular formula is C24H48O2. The number of hydrogen-bond acceptors (Lipinski definition) is 2. The van der Waals surface area contributed by atoms with Gasteiger partial charge in [-0.25, -0.2) is 0 Å². The first kappa shape index (κ1) is 25.6. The summed E-state index contributed by atoms with van der Waals surface area (Å²) in [5.74, 6) is 0.430. The van der Waals surface area contributed by atoms with E-state index in [1.54, 1.807) is 0 Å². The zero-order valence-corrected chi connectivity index (χ0v) is 18.2. The highest BCUT2D eigenvalue weighted by Gasteiger charge is 2.02. The summed E-state index contributed by atoms with van der Waals surface area (Å²) in [5.41, 5.74) is 0. The van der Waals surface area contributed by atoms with Gasteiger partial charge in [0.1, 0.15) is 5.78 Å². The molecule has 0 rings (SSSR count). The van der Waals surface area contributed by atoms with Crippen molar-refractivity contribution in [1.82, 2.24) is 0 Å². The average molecular weight is 369 g/mol. The van der Waals surface area contributed by atoms with Gasteiger partial charge in [-0.2, -0.15) is 0 Å². The fraction of sp³-hybridized carbons (Fsp3) is 0.958. The molecule has 0 radical (unpaired) electrons. The SMILES string of the molecule is CCCCCCCCCCCCCCCCCC(=O)CCCOCCC. The summed E-state index contributed by atoms with van der Waals surface area (Å²) in [7, 11) is 0. The molecule has 0 saturated carbocycles. The third kappa shape index (κ3) is 21.7. The van der Waals surface area contributed by atoms with Gasteiger partial charge in [-0.3, -0.25) is 4.79 Å². The van der Waals surface area contributed by atoms with E-state index in [2.05, 4.69) is 13.8 Å². The molecule has 0 N–H and O–H groups in total. The standard InChI is InChI=1S/C24H48O2/c1-3-5-6-7-8-9-10-11-12-13-14-15-16-17-18-20-24(25)21-19-23-26-22-4-2/h3-23H2,1-2H3. The maximum Gasteiger partial charge on any atom is 0.132 e. The van der Waals surface area contributed by atoms with E-state index in [0.29, 0.717) is 12.2 Å². The van der Waals surface area contributed by atoms with Gasteiger partial charge < -0.3 is 4.74 Å². The van der Waals surface area contributed by atoms with Crippen LogP contribution in [0.2, 0.25) is 0 Å². The van der Waals surface area contributed by atoms with E-state index in [1.807, 2.05) is 0 Å². The smallest absolute Gasteiger partial charge is 0.132 e. The predicted octanol–water partition coefficient (Wildman–Crippen LogP) is 8.02. The van der Waals surface area contributed by atoms with Crippen LogP contribution < -0.4 is 0 Å². The van der Waals surface area contributed by atoms with Crippen LogP contribution in [0.25, 0.3) is 0 Å². The lowest BCUT2D eigenvalue weighted by molar-refractivity contribution is -0.119. The van der Waals surface area contributed by atoms with Crippen molar-refractivity contribution in [3.8, 4) is 0 Å². The monoisotopic (exact) mass is 368 g/mol. The van der Waals surface area contributed by atoms with Crippen molar-refractivity contribution in [2.24, 2.45) is 0 Å². The zero-order valence-electron chi connectivity index (χ0n) is 18.2. The molecule has 0 aliphatic heterocycles. The Kier molecular flexibility index (Phi) is 22.3. The lowest BCUT2D eigenvalue weighted by Gasteiger charge is -2.04. The number of rotatable bonds is 22. The van der Waals surface area contributed by atoms with Crippen LogP contribution in [-0.4, -0.2) is 19.0 Å². The van der Waals surface area contributed by atoms with E-state index >= 15 is 0 Å². The Morgan fingerprint density at radius 3 is 1.38 bits per heavy atom. The minimum atomic E-state index is 0.430. The third-order valence-electron chi connectivity index (χ3n) is 5.15. The number of ether oxygens (including phenoxy) is 1. The summed E-state index contributed by atoms with van der Waals surface area (Å²) in [5, 5.41) is 0. The molecule has 2 nitrogen and oxygen atoms in total. The first-order valence-electron chi connectivity index (χ1n) is 11.9. The Bertz CT molecular complexity index is 275. The number of ketones is 1. The Labute approximate surface area is 164 Å². The topological polar surface area (TPSA) is 26.3 Å². The van der Waals surface area contributed by atoms with E-state index in [9.17, 15) is 4.79 Å². The van der Waals surface area contributed by atoms with Crippen molar-refractivity contribution in [2.45, 2.75) is 136 Å². The minimum Gasteiger partial charge on any atom is -0.381 e. The van der Waals surface area contributed by atoms with Gasteiger partial charge in [0.15, 0.2) is 0 Å². The van der Waals surface area contributed by atoms with Crippen molar-refractivity contribution >= 4 is 5.78 Å². The molecule has 26 heavy (non-hydrogen) atoms. The number of carbonyl (C=O) groups excluding carboxylic acids is 1. The maximum atomic E-state index is 11.8. The fourth-order valence-corrected chi connectivity index (χ4v) is 3.44. The summed E-state index contributed by atoms with van der Waals surface area (Å²) in [6.07, 6.45) is 24.1. The molecule has 0 unspecified atom stereocenters. The second-order valence-corrected chi connectivity index (χ2v) is 7.95. The van der Waals surface area contributed by atoms with Crippen LogP contribution in [0.4, 0.5) is 0 Å². The van der Waals surface area contributed by atoms with Crippen molar-refractivity contribution in [3.05, 3.63) is 0 Å². The minimum absolute atomic E-state index is 0.430. The Balaban J connectivity index is 3.09. The van der Waals surface area contributed by atoms with Gasteiger partial charge in [-0.05, 0) is 19.3 Å². The highest BCUT2D eigenvalue weighted by Crippen LogP contribution is 2.14. The summed E-state index contributed by atoms with van der Waals surface area (Å²) < 4.78 is 5.41. The van der Waals surface area contributed by atoms with Gasteiger partial charge in [0.25, 0.3) is 0 Å². The number of hydrogen-bond donors (Lipinski definition) is 0. The number of unbranched alkanes of at least 4 members (excludes halogenated alkanes) is 14. The van der Waals surface area contributed by atoms with Crippen LogP contribution in [0.3, 0.4) is 0 Å². The first-order chi connectivity index (χ1) is 12.8. The number of carbonyl (C=O) groups is 1. The second-order valence-electron chi connectivity index (χ2n) is 7.95. The molecule has 0 aliphatic rings. The third-order valence-corrected chi connectivity index (χ3v) is 5.15. The maximum absolute atomic E-state index is 11.8. The Morgan fingerprint density at radius 1 is 0.500 bits per heavy atom. The fourth-order valence-electron chi connectivity index (χ4n) is 3.44. The van der Waals surface area contributed by atoms with Crippen LogP contribution >= 0.6 is 0 Å². The molecule has 0 fully saturated rings. The van der Waals surface area contributed by atoms with E-state index in [-0.39, 0.29) is 0 Å². The molecule has 0 spiro atoms. The molecule has 2 heteroatoms. The van der Waals surface area contributed by atoms with Gasteiger partial charge in [-0.15, -0.1) is 0 Å². The van der Waals surface area contributed by atoms with E-state index in [4.69, 9.17) is 4.74 Å². The molecule has 0 aromatic carbocycles. The summed E-state index contributed by atoms with van der Waals surface area (Å²) in [6, 6.07) is 0. The normalized spacial score (nSPS) is 11.2. The largest absolute Gasteiger partial charge is 0.381 e. The Hall–Kier alpha value is -0.370. The van der Waals surface area contributed by atoms with Crippen LogP contribution in [0.5, 0.6) is 0 Å². The predicted molar refractivity (Wildman–Crippen MR) is 115 cm³/mol. The van der Waals surface area contributed by atoms with Gasteiger partial charge in [-0.1, -0.05) is 104 Å². The average Bonchev–Trinajstić information content (AvgIpc) is 2.64. The summed E-state index contributed by atoms with van der Waals surface area (Å²) >= 11 is 0. The second kappa shape index (κ2) is 22.7. The zero-order chi connectivity index (χ0) is 19.1. The van der Waals surface area contributed by atoms with Gasteiger partial charge in [0.2, 0.25) is 0 Å². The molecule has 0 aliphatic carbocycles. The van der Waals surface area contributed by atoms with Gasteiger partial charge in [0, 0.05) is 26.1 Å². The van der Waals surface area contributed by atoms with Crippen molar-refractivity contribution in [1.29, 1.82) is 0 Å². The van der Waals surface area contributed by atoms with Crippen molar-refractivity contribution in [3.63, 3.8) is 0 Å². The first-order valence-corrected chi connectivity index (χ1v) is 11.9. The summed E-state index contributed by atoms with van der Waals surface area (Å²) in [6.45, 7) is 5.97. The lowest BCUT2D eigenvalue weighted by Crippen LogP contribution is -2.02. The van der Waals surface area contributed by atoms with Crippen LogP contribution in [0.1, 0.15) is 136 Å². The molecule has 0 atom stereocenters. The molecular weight excluding hydrogens is 320 g/mol. The number of Topliss-reactive ketones (excluding diaryl/α,β-unsaturated/α-hetero) is 1. The summed E-state index contributed by atoms with van der Waals surface area (Å²) in [4.78, 5) is 11.8. The van der Waals surface area contributed by atoms with E-state index in [1.165, 1.54) is 89.9 Å². The van der Waals surface area contributed by atoms with Gasteiger partial charge in [0.05, 0.1) is 0 Å². The molecule has 0 amide bonds. The quantitative estimate of drug-likeness (QED) is 0.181. The highest BCUT2D eigenvalue weighted by atomic mass is 16.5. The van der Waals surface area contributed by atoms with E-state index < -0.39 is 0 Å². The molecule has 156 valence electrons. The Morgan fingerprint density at radius 2 is 0.923 bits per heavy atom. The van der Waals surface area contributed by atoms with Crippen molar-refractivity contribution < 1.29 is 9.53 Å². The lowest BCUT2D eigenvalue weighted by atomic mass is 10.0. The van der Waals surface area contributed by atoms with E-state index in [0.717, 1.165) is 38.9 Å². The van der Waals surface area contributed by atoms with Crippen LogP contribution in [-0.2, 0) is 9.53 Å². The van der Waals surface area contributed by atoms with Gasteiger partial charge >= 0.3 is 0 Å². The molecule has 0 aromatic rings. The highest BCUT2D eigenvalue weighted by molar-refractivity contribution is 5.78.